The number of thioether (sulfide) groups is 2. The molecule has 1 fully saturated rings. The van der Waals surface area contributed by atoms with Crippen molar-refractivity contribution in [1.29, 1.82) is 0 Å². The maximum atomic E-state index is 13.2. The van der Waals surface area contributed by atoms with Crippen molar-refractivity contribution in [2.75, 3.05) is 24.7 Å². The quantitative estimate of drug-likeness (QED) is 0.715. The SMILES string of the molecule is CCOP(=O)(OCC)C(=C1SCCS1)C(O)c1ccccc1. The Morgan fingerprint density at radius 1 is 1.18 bits per heavy atom. The Morgan fingerprint density at radius 3 is 2.23 bits per heavy atom. The summed E-state index contributed by atoms with van der Waals surface area (Å²) in [6.07, 6.45) is -0.988. The van der Waals surface area contributed by atoms with E-state index in [2.05, 4.69) is 0 Å². The molecule has 1 heterocycles. The van der Waals surface area contributed by atoms with Crippen LogP contribution in [0.5, 0.6) is 0 Å². The van der Waals surface area contributed by atoms with Crippen molar-refractivity contribution in [2.24, 2.45) is 0 Å². The summed E-state index contributed by atoms with van der Waals surface area (Å²) in [5.74, 6) is 1.87. The van der Waals surface area contributed by atoms with Crippen LogP contribution in [0.25, 0.3) is 0 Å². The summed E-state index contributed by atoms with van der Waals surface area (Å²) >= 11 is 3.20. The second-order valence-corrected chi connectivity index (χ2v) is 8.98. The van der Waals surface area contributed by atoms with E-state index in [1.165, 1.54) is 0 Å². The summed E-state index contributed by atoms with van der Waals surface area (Å²) in [5, 5.41) is 11.2. The Hall–Kier alpha value is -0.230. The highest BCUT2D eigenvalue weighted by Gasteiger charge is 2.39. The lowest BCUT2D eigenvalue weighted by Gasteiger charge is -2.25. The Balaban J connectivity index is 2.47. The van der Waals surface area contributed by atoms with Crippen molar-refractivity contribution in [2.45, 2.75) is 20.0 Å². The average molecular weight is 360 g/mol. The standard InChI is InChI=1S/C15H21O4PS2/c1-3-18-20(17,19-4-2)14(15-21-10-11-22-15)13(16)12-8-6-5-7-9-12/h5-9,13,16H,3-4,10-11H2,1-2H3. The minimum atomic E-state index is -3.51. The summed E-state index contributed by atoms with van der Waals surface area (Å²) in [6.45, 7) is 4.09. The number of aliphatic hydroxyl groups is 1. The van der Waals surface area contributed by atoms with Gasteiger partial charge in [0.25, 0.3) is 0 Å². The molecule has 2 rings (SSSR count). The zero-order valence-corrected chi connectivity index (χ0v) is 15.3. The molecule has 4 nitrogen and oxygen atoms in total. The highest BCUT2D eigenvalue weighted by Crippen LogP contribution is 2.64. The van der Waals surface area contributed by atoms with Gasteiger partial charge in [0.15, 0.2) is 0 Å². The fourth-order valence-corrected chi connectivity index (χ4v) is 7.29. The first kappa shape index (κ1) is 18.1. The van der Waals surface area contributed by atoms with Gasteiger partial charge in [0.2, 0.25) is 0 Å². The van der Waals surface area contributed by atoms with Crippen molar-refractivity contribution < 1.29 is 18.7 Å². The van der Waals surface area contributed by atoms with E-state index in [1.807, 2.05) is 30.3 Å². The van der Waals surface area contributed by atoms with Crippen LogP contribution in [-0.4, -0.2) is 29.8 Å². The summed E-state index contributed by atoms with van der Waals surface area (Å²) < 4.78 is 25.0. The highest BCUT2D eigenvalue weighted by molar-refractivity contribution is 8.25. The molecule has 0 amide bonds. The predicted molar refractivity (Wildman–Crippen MR) is 94.2 cm³/mol. The van der Waals surface area contributed by atoms with Crippen molar-refractivity contribution in [3.05, 3.63) is 45.4 Å². The molecule has 1 aromatic rings. The molecular weight excluding hydrogens is 339 g/mol. The molecule has 22 heavy (non-hydrogen) atoms. The lowest BCUT2D eigenvalue weighted by Crippen LogP contribution is -2.08. The van der Waals surface area contributed by atoms with Gasteiger partial charge in [-0.15, -0.1) is 23.5 Å². The minimum absolute atomic E-state index is 0.269. The third-order valence-corrected chi connectivity index (χ3v) is 8.33. The predicted octanol–water partition coefficient (Wildman–Crippen LogP) is 4.64. The molecule has 0 spiro atoms. The van der Waals surface area contributed by atoms with E-state index < -0.39 is 13.7 Å². The summed E-state index contributed by atoms with van der Waals surface area (Å²) in [7, 11) is -3.51. The minimum Gasteiger partial charge on any atom is -0.383 e. The van der Waals surface area contributed by atoms with Crippen LogP contribution in [0.1, 0.15) is 25.5 Å². The fraction of sp³-hybridized carbons (Fsp3) is 0.467. The van der Waals surface area contributed by atoms with Gasteiger partial charge >= 0.3 is 7.60 Å². The first-order chi connectivity index (χ1) is 10.6. The molecule has 1 saturated heterocycles. The maximum Gasteiger partial charge on any atom is 0.361 e. The number of hydrogen-bond donors (Lipinski definition) is 1. The lowest BCUT2D eigenvalue weighted by atomic mass is 10.1. The van der Waals surface area contributed by atoms with Crippen molar-refractivity contribution >= 4 is 31.1 Å². The van der Waals surface area contributed by atoms with Gasteiger partial charge in [-0.3, -0.25) is 4.57 Å². The van der Waals surface area contributed by atoms with E-state index in [1.54, 1.807) is 37.4 Å². The Bertz CT molecular complexity index is 544. The third kappa shape index (κ3) is 4.19. The van der Waals surface area contributed by atoms with Crippen LogP contribution in [0.15, 0.2) is 39.9 Å². The monoisotopic (exact) mass is 360 g/mol. The molecule has 0 bridgehead atoms. The van der Waals surface area contributed by atoms with Crippen LogP contribution < -0.4 is 0 Å². The molecule has 0 radical (unpaired) electrons. The second kappa shape index (κ2) is 8.57. The number of rotatable bonds is 7. The summed E-state index contributed by atoms with van der Waals surface area (Å²) in [5.41, 5.74) is 0.692. The zero-order valence-electron chi connectivity index (χ0n) is 12.7. The Kier molecular flexibility index (Phi) is 7.06. The van der Waals surface area contributed by atoms with Gasteiger partial charge in [0.05, 0.1) is 22.8 Å². The van der Waals surface area contributed by atoms with Crippen LogP contribution in [0.3, 0.4) is 0 Å². The molecule has 7 heteroatoms. The van der Waals surface area contributed by atoms with Gasteiger partial charge in [0, 0.05) is 11.5 Å². The van der Waals surface area contributed by atoms with E-state index in [-0.39, 0.29) is 13.2 Å². The first-order valence-electron chi connectivity index (χ1n) is 7.24. The van der Waals surface area contributed by atoms with E-state index in [4.69, 9.17) is 9.05 Å². The van der Waals surface area contributed by atoms with Gasteiger partial charge in [-0.25, -0.2) is 0 Å². The lowest BCUT2D eigenvalue weighted by molar-refractivity contribution is 0.192. The number of aliphatic hydroxyl groups excluding tert-OH is 1. The number of hydrogen-bond acceptors (Lipinski definition) is 6. The molecule has 122 valence electrons. The molecule has 1 aromatic carbocycles. The van der Waals surface area contributed by atoms with Gasteiger partial charge in [-0.05, 0) is 19.4 Å². The fourth-order valence-electron chi connectivity index (χ4n) is 2.14. The van der Waals surface area contributed by atoms with Crippen LogP contribution in [-0.2, 0) is 13.6 Å². The van der Waals surface area contributed by atoms with Gasteiger partial charge in [-0.2, -0.15) is 0 Å². The Morgan fingerprint density at radius 2 is 1.73 bits per heavy atom. The molecule has 1 atom stereocenters. The summed E-state index contributed by atoms with van der Waals surface area (Å²) in [6, 6.07) is 9.21. The average Bonchev–Trinajstić information content (AvgIpc) is 3.02. The van der Waals surface area contributed by atoms with Gasteiger partial charge in [-0.1, -0.05) is 30.3 Å². The van der Waals surface area contributed by atoms with Crippen molar-refractivity contribution in [1.82, 2.24) is 0 Å². The highest BCUT2D eigenvalue weighted by atomic mass is 32.2. The van der Waals surface area contributed by atoms with E-state index in [0.29, 0.717) is 10.9 Å². The number of benzene rings is 1. The van der Waals surface area contributed by atoms with Crippen molar-refractivity contribution in [3.8, 4) is 0 Å². The molecule has 0 aliphatic carbocycles. The van der Waals surface area contributed by atoms with Gasteiger partial charge in [0.1, 0.15) is 6.10 Å². The molecular formula is C15H21O4PS2. The topological polar surface area (TPSA) is 55.8 Å². The van der Waals surface area contributed by atoms with E-state index in [9.17, 15) is 9.67 Å². The Labute approximate surface area is 140 Å². The van der Waals surface area contributed by atoms with Crippen LogP contribution in [0, 0.1) is 0 Å². The molecule has 0 aromatic heterocycles. The van der Waals surface area contributed by atoms with Crippen LogP contribution in [0.4, 0.5) is 0 Å². The largest absolute Gasteiger partial charge is 0.383 e. The smallest absolute Gasteiger partial charge is 0.361 e. The van der Waals surface area contributed by atoms with E-state index in [0.717, 1.165) is 15.7 Å². The van der Waals surface area contributed by atoms with Crippen LogP contribution >= 0.6 is 31.1 Å². The van der Waals surface area contributed by atoms with Crippen LogP contribution in [0.2, 0.25) is 0 Å². The normalized spacial score (nSPS) is 16.8. The molecule has 1 aliphatic heterocycles. The molecule has 1 N–H and O–H groups in total. The maximum absolute atomic E-state index is 13.2. The zero-order chi connectivity index (χ0) is 16.0. The van der Waals surface area contributed by atoms with E-state index >= 15 is 0 Å². The molecule has 1 unspecified atom stereocenters. The van der Waals surface area contributed by atoms with Crippen molar-refractivity contribution in [3.63, 3.8) is 0 Å². The molecule has 1 aliphatic rings. The molecule has 0 saturated carbocycles. The first-order valence-corrected chi connectivity index (χ1v) is 10.8. The second-order valence-electron chi connectivity index (χ2n) is 4.52. The summed E-state index contributed by atoms with van der Waals surface area (Å²) in [4.78, 5) is 0. The van der Waals surface area contributed by atoms with Gasteiger partial charge < -0.3 is 14.2 Å². The third-order valence-electron chi connectivity index (χ3n) is 3.03.